The molecular weight excluding hydrogens is 210 g/mol. The summed E-state index contributed by atoms with van der Waals surface area (Å²) in [7, 11) is 0. The normalized spacial score (nSPS) is 14.5. The smallest absolute Gasteiger partial charge is 0.136 e. The van der Waals surface area contributed by atoms with Crippen LogP contribution in [-0.2, 0) is 6.54 Å². The molecule has 3 nitrogen and oxygen atoms in total. The van der Waals surface area contributed by atoms with Gasteiger partial charge in [-0.05, 0) is 31.4 Å². The quantitative estimate of drug-likeness (QED) is 0.880. The molecule has 0 unspecified atom stereocenters. The molecule has 0 bridgehead atoms. The van der Waals surface area contributed by atoms with E-state index in [2.05, 4.69) is 40.0 Å². The van der Waals surface area contributed by atoms with Crippen LogP contribution in [0.5, 0.6) is 0 Å². The van der Waals surface area contributed by atoms with Gasteiger partial charge in [0.25, 0.3) is 0 Å². The predicted octanol–water partition coefficient (Wildman–Crippen LogP) is 2.92. The van der Waals surface area contributed by atoms with Gasteiger partial charge in [0.05, 0.1) is 11.9 Å². The summed E-state index contributed by atoms with van der Waals surface area (Å²) in [6.07, 6.45) is 6.77. The maximum absolute atomic E-state index is 4.38. The Morgan fingerprint density at radius 3 is 2.82 bits per heavy atom. The van der Waals surface area contributed by atoms with Crippen molar-refractivity contribution in [1.29, 1.82) is 0 Å². The van der Waals surface area contributed by atoms with Crippen LogP contribution in [0.25, 0.3) is 5.65 Å². The number of aromatic nitrogens is 2. The average Bonchev–Trinajstić information content (AvgIpc) is 3.11. The van der Waals surface area contributed by atoms with Gasteiger partial charge in [-0.1, -0.05) is 19.9 Å². The van der Waals surface area contributed by atoms with Gasteiger partial charge in [-0.3, -0.25) is 0 Å². The highest BCUT2D eigenvalue weighted by Gasteiger charge is 2.20. The molecular formula is C14H21N3. The molecule has 0 aliphatic heterocycles. The molecule has 0 aromatic carbocycles. The second-order valence-electron chi connectivity index (χ2n) is 4.34. The number of nitrogens with zero attached hydrogens (tertiary/aromatic N) is 2. The molecule has 3 rings (SSSR count). The van der Waals surface area contributed by atoms with E-state index in [1.165, 1.54) is 24.1 Å². The Bertz CT molecular complexity index is 483. The van der Waals surface area contributed by atoms with E-state index < -0.39 is 0 Å². The Labute approximate surface area is 103 Å². The lowest BCUT2D eigenvalue weighted by atomic mass is 10.3. The van der Waals surface area contributed by atoms with Gasteiger partial charge in [-0.15, -0.1) is 0 Å². The van der Waals surface area contributed by atoms with Crippen LogP contribution in [0.15, 0.2) is 24.5 Å². The number of nitrogens with one attached hydrogen (secondary N) is 1. The first-order valence-corrected chi connectivity index (χ1v) is 6.49. The maximum Gasteiger partial charge on any atom is 0.136 e. The van der Waals surface area contributed by atoms with Gasteiger partial charge in [0.15, 0.2) is 0 Å². The van der Waals surface area contributed by atoms with Gasteiger partial charge in [0.2, 0.25) is 0 Å². The van der Waals surface area contributed by atoms with Crippen molar-refractivity contribution in [2.75, 3.05) is 0 Å². The van der Waals surface area contributed by atoms with Gasteiger partial charge in [0.1, 0.15) is 5.65 Å². The third kappa shape index (κ3) is 2.86. The Hall–Kier alpha value is -1.35. The Morgan fingerprint density at radius 1 is 1.35 bits per heavy atom. The number of imidazole rings is 1. The molecule has 1 aliphatic carbocycles. The highest BCUT2D eigenvalue weighted by Crippen LogP contribution is 2.19. The van der Waals surface area contributed by atoms with Crippen LogP contribution < -0.4 is 5.32 Å². The molecule has 0 amide bonds. The minimum Gasteiger partial charge on any atom is -0.308 e. The first kappa shape index (κ1) is 12.1. The number of rotatable bonds is 3. The van der Waals surface area contributed by atoms with Crippen LogP contribution in [0, 0.1) is 6.92 Å². The van der Waals surface area contributed by atoms with Crippen molar-refractivity contribution in [2.45, 2.75) is 46.2 Å². The van der Waals surface area contributed by atoms with Crippen molar-refractivity contribution in [3.05, 3.63) is 35.8 Å². The number of fused-ring (bicyclic) bond motifs is 1. The van der Waals surface area contributed by atoms with Crippen LogP contribution in [0.2, 0.25) is 0 Å². The van der Waals surface area contributed by atoms with Crippen molar-refractivity contribution < 1.29 is 0 Å². The highest BCUT2D eigenvalue weighted by molar-refractivity contribution is 5.41. The van der Waals surface area contributed by atoms with Crippen LogP contribution in [0.1, 0.15) is 37.9 Å². The standard InChI is InChI=1S/C12H15N3.C2H6/c1-9-2-5-12-14-7-11(15(12)8-9)6-13-10-3-4-10;1-2/h2,5,7-8,10,13H,3-4,6H2,1H3;1-2H3. The topological polar surface area (TPSA) is 29.3 Å². The van der Waals surface area contributed by atoms with Gasteiger partial charge < -0.3 is 9.72 Å². The van der Waals surface area contributed by atoms with Gasteiger partial charge in [-0.2, -0.15) is 0 Å². The van der Waals surface area contributed by atoms with Crippen molar-refractivity contribution in [3.63, 3.8) is 0 Å². The molecule has 1 N–H and O–H groups in total. The van der Waals surface area contributed by atoms with Crippen LogP contribution in [0.4, 0.5) is 0 Å². The summed E-state index contributed by atoms with van der Waals surface area (Å²) in [6.45, 7) is 7.03. The molecule has 17 heavy (non-hydrogen) atoms. The molecule has 1 aliphatic rings. The molecule has 0 radical (unpaired) electrons. The van der Waals surface area contributed by atoms with E-state index in [-0.39, 0.29) is 0 Å². The van der Waals surface area contributed by atoms with E-state index in [4.69, 9.17) is 0 Å². The zero-order valence-corrected chi connectivity index (χ0v) is 10.9. The second kappa shape index (κ2) is 5.32. The summed E-state index contributed by atoms with van der Waals surface area (Å²) in [6, 6.07) is 4.91. The first-order valence-electron chi connectivity index (χ1n) is 6.49. The summed E-state index contributed by atoms with van der Waals surface area (Å²) < 4.78 is 2.17. The lowest BCUT2D eigenvalue weighted by Crippen LogP contribution is -2.16. The fourth-order valence-electron chi connectivity index (χ4n) is 1.80. The minimum atomic E-state index is 0.750. The van der Waals surface area contributed by atoms with Gasteiger partial charge >= 0.3 is 0 Å². The van der Waals surface area contributed by atoms with E-state index in [1.807, 2.05) is 20.0 Å². The van der Waals surface area contributed by atoms with E-state index in [0.29, 0.717) is 0 Å². The number of aryl methyl sites for hydroxylation is 1. The van der Waals surface area contributed by atoms with Gasteiger partial charge in [-0.25, -0.2) is 4.98 Å². The third-order valence-electron chi connectivity index (χ3n) is 2.88. The molecule has 0 atom stereocenters. The molecule has 92 valence electrons. The number of hydrogen-bond acceptors (Lipinski definition) is 2. The molecule has 0 saturated heterocycles. The molecule has 0 spiro atoms. The Balaban J connectivity index is 0.000000514. The highest BCUT2D eigenvalue weighted by atomic mass is 15.0. The summed E-state index contributed by atoms with van der Waals surface area (Å²) in [4.78, 5) is 4.38. The van der Waals surface area contributed by atoms with Crippen LogP contribution in [0.3, 0.4) is 0 Å². The molecule has 1 saturated carbocycles. The molecule has 2 aromatic rings. The van der Waals surface area contributed by atoms with E-state index in [0.717, 1.165) is 18.2 Å². The number of pyridine rings is 1. The van der Waals surface area contributed by atoms with Crippen molar-refractivity contribution in [2.24, 2.45) is 0 Å². The predicted molar refractivity (Wildman–Crippen MR) is 71.1 cm³/mol. The van der Waals surface area contributed by atoms with Crippen LogP contribution in [-0.4, -0.2) is 15.4 Å². The Morgan fingerprint density at radius 2 is 2.12 bits per heavy atom. The fraction of sp³-hybridized carbons (Fsp3) is 0.500. The Kier molecular flexibility index (Phi) is 3.79. The molecule has 3 heteroatoms. The lowest BCUT2D eigenvalue weighted by molar-refractivity contribution is 0.670. The van der Waals surface area contributed by atoms with E-state index >= 15 is 0 Å². The maximum atomic E-state index is 4.38. The fourth-order valence-corrected chi connectivity index (χ4v) is 1.80. The summed E-state index contributed by atoms with van der Waals surface area (Å²) in [5, 5.41) is 3.51. The van der Waals surface area contributed by atoms with Crippen LogP contribution >= 0.6 is 0 Å². The van der Waals surface area contributed by atoms with E-state index in [1.54, 1.807) is 0 Å². The SMILES string of the molecule is CC.Cc1ccc2ncc(CNC3CC3)n2c1. The zero-order chi connectivity index (χ0) is 12.3. The average molecular weight is 231 g/mol. The van der Waals surface area contributed by atoms with Crippen molar-refractivity contribution in [3.8, 4) is 0 Å². The molecule has 2 heterocycles. The number of hydrogen-bond donors (Lipinski definition) is 1. The first-order chi connectivity index (χ1) is 8.33. The zero-order valence-electron chi connectivity index (χ0n) is 10.9. The molecule has 1 fully saturated rings. The largest absolute Gasteiger partial charge is 0.308 e. The summed E-state index contributed by atoms with van der Waals surface area (Å²) in [5.74, 6) is 0. The third-order valence-corrected chi connectivity index (χ3v) is 2.88. The van der Waals surface area contributed by atoms with Crippen molar-refractivity contribution >= 4 is 5.65 Å². The second-order valence-corrected chi connectivity index (χ2v) is 4.34. The lowest BCUT2D eigenvalue weighted by Gasteiger charge is -2.03. The minimum absolute atomic E-state index is 0.750. The van der Waals surface area contributed by atoms with E-state index in [9.17, 15) is 0 Å². The van der Waals surface area contributed by atoms with Crippen molar-refractivity contribution in [1.82, 2.24) is 14.7 Å². The summed E-state index contributed by atoms with van der Waals surface area (Å²) in [5.41, 5.74) is 3.56. The summed E-state index contributed by atoms with van der Waals surface area (Å²) >= 11 is 0. The molecule has 2 aromatic heterocycles. The monoisotopic (exact) mass is 231 g/mol. The van der Waals surface area contributed by atoms with Gasteiger partial charge in [0, 0.05) is 18.8 Å².